The van der Waals surface area contributed by atoms with Crippen LogP contribution in [0.4, 0.5) is 13.2 Å². The van der Waals surface area contributed by atoms with Crippen LogP contribution in [0.3, 0.4) is 0 Å². The highest BCUT2D eigenvalue weighted by Gasteiger charge is 2.32. The highest BCUT2D eigenvalue weighted by atomic mass is 35.5. The van der Waals surface area contributed by atoms with Crippen LogP contribution < -0.4 is 5.32 Å². The van der Waals surface area contributed by atoms with E-state index in [1.54, 1.807) is 25.1 Å². The normalized spacial score (nSPS) is 17.0. The fourth-order valence-electron chi connectivity index (χ4n) is 2.78. The molecule has 0 amide bonds. The summed E-state index contributed by atoms with van der Waals surface area (Å²) in [5, 5.41) is 13.4. The molecular formula is C15H23Cl2F3N2O. The Hall–Kier alpha value is -0.690. The number of piperazine rings is 1. The fourth-order valence-corrected chi connectivity index (χ4v) is 2.78. The van der Waals surface area contributed by atoms with Crippen molar-refractivity contribution in [1.29, 1.82) is 0 Å². The molecule has 1 heterocycles. The summed E-state index contributed by atoms with van der Waals surface area (Å²) in [6.07, 6.45) is -5.04. The fraction of sp³-hybridized carbons (Fsp3) is 0.600. The molecule has 8 heteroatoms. The van der Waals surface area contributed by atoms with E-state index in [2.05, 4.69) is 5.32 Å². The van der Waals surface area contributed by atoms with E-state index in [0.717, 1.165) is 13.1 Å². The maximum absolute atomic E-state index is 12.6. The molecule has 1 aromatic rings. The van der Waals surface area contributed by atoms with E-state index in [1.165, 1.54) is 0 Å². The van der Waals surface area contributed by atoms with Gasteiger partial charge in [-0.15, -0.1) is 24.8 Å². The first-order valence-corrected chi connectivity index (χ1v) is 7.18. The number of hydrogen-bond donors (Lipinski definition) is 2. The number of alkyl halides is 3. The van der Waals surface area contributed by atoms with Gasteiger partial charge in [0, 0.05) is 44.2 Å². The molecule has 3 nitrogen and oxygen atoms in total. The van der Waals surface area contributed by atoms with E-state index in [1.807, 2.05) is 4.90 Å². The van der Waals surface area contributed by atoms with Crippen molar-refractivity contribution in [2.75, 3.05) is 26.2 Å². The summed E-state index contributed by atoms with van der Waals surface area (Å²) in [6, 6.07) is 4.88. The van der Waals surface area contributed by atoms with Crippen LogP contribution in [0.15, 0.2) is 18.2 Å². The van der Waals surface area contributed by atoms with Gasteiger partial charge < -0.3 is 10.4 Å². The van der Waals surface area contributed by atoms with Crippen molar-refractivity contribution in [3.05, 3.63) is 29.3 Å². The molecule has 1 aliphatic heterocycles. The third-order valence-corrected chi connectivity index (χ3v) is 3.92. The molecule has 2 N–H and O–H groups in total. The third-order valence-electron chi connectivity index (χ3n) is 3.92. The quantitative estimate of drug-likeness (QED) is 0.840. The number of para-hydroxylation sites is 1. The summed E-state index contributed by atoms with van der Waals surface area (Å²) in [6.45, 7) is 4.66. The van der Waals surface area contributed by atoms with E-state index < -0.39 is 18.6 Å². The van der Waals surface area contributed by atoms with Gasteiger partial charge in [-0.25, -0.2) is 0 Å². The second-order valence-electron chi connectivity index (χ2n) is 5.47. The van der Waals surface area contributed by atoms with Crippen molar-refractivity contribution in [1.82, 2.24) is 10.2 Å². The number of benzene rings is 1. The summed E-state index contributed by atoms with van der Waals surface area (Å²) in [5.41, 5.74) is 1.29. The van der Waals surface area contributed by atoms with Gasteiger partial charge in [-0.05, 0) is 18.9 Å². The van der Waals surface area contributed by atoms with Crippen molar-refractivity contribution in [3.8, 4) is 5.75 Å². The summed E-state index contributed by atoms with van der Waals surface area (Å²) < 4.78 is 37.8. The lowest BCUT2D eigenvalue weighted by Crippen LogP contribution is -2.45. The number of phenols is 1. The zero-order valence-corrected chi connectivity index (χ0v) is 14.5. The van der Waals surface area contributed by atoms with Gasteiger partial charge in [-0.2, -0.15) is 13.2 Å². The lowest BCUT2D eigenvalue weighted by Gasteiger charge is -2.36. The van der Waals surface area contributed by atoms with Crippen molar-refractivity contribution < 1.29 is 18.3 Å². The van der Waals surface area contributed by atoms with Gasteiger partial charge in [0.05, 0.1) is 0 Å². The Labute approximate surface area is 147 Å². The van der Waals surface area contributed by atoms with Gasteiger partial charge in [-0.1, -0.05) is 18.2 Å². The molecule has 0 saturated carbocycles. The number of phenolic OH excluding ortho intramolecular Hbond substituents is 1. The Morgan fingerprint density at radius 3 is 2.39 bits per heavy atom. The molecule has 0 bridgehead atoms. The lowest BCUT2D eigenvalue weighted by molar-refractivity contribution is -0.138. The maximum Gasteiger partial charge on any atom is 0.389 e. The van der Waals surface area contributed by atoms with Gasteiger partial charge in [0.2, 0.25) is 0 Å². The molecule has 0 radical (unpaired) electrons. The van der Waals surface area contributed by atoms with E-state index in [-0.39, 0.29) is 37.0 Å². The standard InChI is InChI=1S/C15H21F3N2O.2ClH/c1-11-3-2-4-12(14(11)21)13(5-6-15(16,17)18)20-9-7-19-8-10-20;;/h2-4,13,19,21H,5-10H2,1H3;2*1H/t13-;;/m0../s1. The first-order valence-electron chi connectivity index (χ1n) is 7.18. The van der Waals surface area contributed by atoms with Gasteiger partial charge in [0.25, 0.3) is 0 Å². The van der Waals surface area contributed by atoms with Crippen molar-refractivity contribution in [2.45, 2.75) is 32.0 Å². The summed E-state index contributed by atoms with van der Waals surface area (Å²) in [7, 11) is 0. The lowest BCUT2D eigenvalue weighted by atomic mass is 9.96. The van der Waals surface area contributed by atoms with Crippen LogP contribution in [0.1, 0.15) is 30.0 Å². The number of aryl methyl sites for hydroxylation is 1. The second kappa shape index (κ2) is 9.57. The molecular weight excluding hydrogens is 352 g/mol. The molecule has 134 valence electrons. The Morgan fingerprint density at radius 2 is 1.83 bits per heavy atom. The van der Waals surface area contributed by atoms with Crippen molar-refractivity contribution in [2.24, 2.45) is 0 Å². The Bertz CT molecular complexity index is 480. The first kappa shape index (κ1) is 22.3. The van der Waals surface area contributed by atoms with Gasteiger partial charge in [0.15, 0.2) is 0 Å². The molecule has 1 saturated heterocycles. The molecule has 1 aliphatic rings. The Balaban J connectivity index is 0.00000242. The summed E-state index contributed by atoms with van der Waals surface area (Å²) in [4.78, 5) is 2.02. The number of hydrogen-bond acceptors (Lipinski definition) is 3. The van der Waals surface area contributed by atoms with E-state index in [9.17, 15) is 18.3 Å². The Kier molecular flexibility index (Phi) is 9.28. The maximum atomic E-state index is 12.6. The van der Waals surface area contributed by atoms with E-state index in [0.29, 0.717) is 24.2 Å². The highest BCUT2D eigenvalue weighted by Crippen LogP contribution is 2.36. The van der Waals surface area contributed by atoms with E-state index in [4.69, 9.17) is 0 Å². The van der Waals surface area contributed by atoms with Gasteiger partial charge in [-0.3, -0.25) is 4.90 Å². The minimum Gasteiger partial charge on any atom is -0.507 e. The van der Waals surface area contributed by atoms with Crippen LogP contribution in [-0.2, 0) is 0 Å². The first-order chi connectivity index (χ1) is 9.88. The molecule has 1 atom stereocenters. The van der Waals surface area contributed by atoms with Gasteiger partial charge in [0.1, 0.15) is 5.75 Å². The molecule has 0 aliphatic carbocycles. The largest absolute Gasteiger partial charge is 0.507 e. The van der Waals surface area contributed by atoms with Crippen molar-refractivity contribution >= 4 is 24.8 Å². The molecule has 1 fully saturated rings. The molecule has 1 aromatic carbocycles. The summed E-state index contributed by atoms with van der Waals surface area (Å²) >= 11 is 0. The number of nitrogens with zero attached hydrogens (tertiary/aromatic N) is 1. The SMILES string of the molecule is Cc1cccc([C@H](CCC(F)(F)F)N2CCNCC2)c1O.Cl.Cl. The van der Waals surface area contributed by atoms with Crippen LogP contribution in [0, 0.1) is 6.92 Å². The molecule has 0 unspecified atom stereocenters. The van der Waals surface area contributed by atoms with Crippen molar-refractivity contribution in [3.63, 3.8) is 0 Å². The monoisotopic (exact) mass is 374 g/mol. The molecule has 0 spiro atoms. The zero-order valence-electron chi connectivity index (χ0n) is 12.9. The van der Waals surface area contributed by atoms with Gasteiger partial charge >= 0.3 is 6.18 Å². The topological polar surface area (TPSA) is 35.5 Å². The van der Waals surface area contributed by atoms with E-state index >= 15 is 0 Å². The molecule has 0 aromatic heterocycles. The number of nitrogens with one attached hydrogen (secondary N) is 1. The number of aromatic hydroxyl groups is 1. The van der Waals surface area contributed by atoms with Crippen LogP contribution >= 0.6 is 24.8 Å². The van der Waals surface area contributed by atoms with Crippen LogP contribution in [0.2, 0.25) is 0 Å². The highest BCUT2D eigenvalue weighted by molar-refractivity contribution is 5.85. The molecule has 23 heavy (non-hydrogen) atoms. The summed E-state index contributed by atoms with van der Waals surface area (Å²) in [5.74, 6) is 0.114. The average Bonchev–Trinajstić information content (AvgIpc) is 2.43. The minimum atomic E-state index is -4.17. The Morgan fingerprint density at radius 1 is 1.22 bits per heavy atom. The second-order valence-corrected chi connectivity index (χ2v) is 5.47. The number of rotatable bonds is 4. The predicted molar refractivity (Wildman–Crippen MR) is 89.8 cm³/mol. The minimum absolute atomic E-state index is 0. The number of halogens is 5. The van der Waals surface area contributed by atoms with Crippen LogP contribution in [-0.4, -0.2) is 42.4 Å². The smallest absolute Gasteiger partial charge is 0.389 e. The van der Waals surface area contributed by atoms with Crippen LogP contribution in [0.5, 0.6) is 5.75 Å². The zero-order chi connectivity index (χ0) is 15.5. The third kappa shape index (κ3) is 6.37. The average molecular weight is 375 g/mol. The predicted octanol–water partition coefficient (Wildman–Crippen LogP) is 3.83. The molecule has 2 rings (SSSR count). The van der Waals surface area contributed by atoms with Crippen LogP contribution in [0.25, 0.3) is 0 Å².